The minimum atomic E-state index is -0.245. The van der Waals surface area contributed by atoms with Crippen LogP contribution in [0, 0.1) is 5.92 Å². The number of likely N-dealkylation sites (tertiary alicyclic amines) is 1. The van der Waals surface area contributed by atoms with Crippen molar-refractivity contribution in [1.29, 1.82) is 0 Å². The zero-order chi connectivity index (χ0) is 16.9. The number of hydrogen-bond acceptors (Lipinski definition) is 4. The molecule has 0 radical (unpaired) electrons. The molecule has 2 heterocycles. The second-order valence-corrected chi connectivity index (χ2v) is 6.50. The van der Waals surface area contributed by atoms with E-state index in [-0.39, 0.29) is 17.7 Å². The van der Waals surface area contributed by atoms with E-state index in [9.17, 15) is 9.59 Å². The van der Waals surface area contributed by atoms with Gasteiger partial charge in [0.1, 0.15) is 0 Å². The van der Waals surface area contributed by atoms with Crippen LogP contribution >= 0.6 is 0 Å². The van der Waals surface area contributed by atoms with Crippen molar-refractivity contribution in [2.45, 2.75) is 51.6 Å². The fourth-order valence-electron chi connectivity index (χ4n) is 3.63. The Bertz CT molecular complexity index is 599. The third-order valence-electron chi connectivity index (χ3n) is 4.88. The molecule has 1 aromatic heterocycles. The van der Waals surface area contributed by atoms with Gasteiger partial charge >= 0.3 is 0 Å². The van der Waals surface area contributed by atoms with Gasteiger partial charge < -0.3 is 15.0 Å². The number of hydrogen-bond donors (Lipinski definition) is 1. The molecule has 24 heavy (non-hydrogen) atoms. The summed E-state index contributed by atoms with van der Waals surface area (Å²) in [6.07, 6.45) is 6.53. The highest BCUT2D eigenvalue weighted by Crippen LogP contribution is 2.29. The summed E-state index contributed by atoms with van der Waals surface area (Å²) in [5, 5.41) is 2.93. The van der Waals surface area contributed by atoms with Crippen LogP contribution in [0.15, 0.2) is 18.3 Å². The third kappa shape index (κ3) is 3.68. The average molecular weight is 331 g/mol. The highest BCUT2D eigenvalue weighted by molar-refractivity contribution is 5.89. The van der Waals surface area contributed by atoms with Gasteiger partial charge in [-0.15, -0.1) is 0 Å². The maximum atomic E-state index is 12.4. The topological polar surface area (TPSA) is 71.5 Å². The largest absolute Gasteiger partial charge is 0.478 e. The monoisotopic (exact) mass is 331 g/mol. The van der Waals surface area contributed by atoms with E-state index < -0.39 is 0 Å². The number of pyridine rings is 1. The molecule has 1 saturated heterocycles. The predicted octanol–water partition coefficient (Wildman–Crippen LogP) is 1.89. The molecule has 2 fully saturated rings. The van der Waals surface area contributed by atoms with Crippen LogP contribution in [0.25, 0.3) is 0 Å². The van der Waals surface area contributed by atoms with Crippen LogP contribution in [0.4, 0.5) is 0 Å². The summed E-state index contributed by atoms with van der Waals surface area (Å²) in [4.78, 5) is 30.8. The summed E-state index contributed by atoms with van der Waals surface area (Å²) >= 11 is 0. The van der Waals surface area contributed by atoms with Crippen LogP contribution < -0.4 is 10.1 Å². The second-order valence-electron chi connectivity index (χ2n) is 6.50. The van der Waals surface area contributed by atoms with Gasteiger partial charge in [0, 0.05) is 37.3 Å². The molecule has 1 aliphatic heterocycles. The summed E-state index contributed by atoms with van der Waals surface area (Å²) in [5.74, 6) is 0.370. The van der Waals surface area contributed by atoms with Crippen molar-refractivity contribution in [3.8, 4) is 5.88 Å². The Kier molecular flexibility index (Phi) is 5.33. The molecule has 6 nitrogen and oxygen atoms in total. The van der Waals surface area contributed by atoms with E-state index in [4.69, 9.17) is 4.74 Å². The van der Waals surface area contributed by atoms with Crippen molar-refractivity contribution in [3.05, 3.63) is 23.9 Å². The Morgan fingerprint density at radius 3 is 2.96 bits per heavy atom. The summed E-state index contributed by atoms with van der Waals surface area (Å²) in [5.41, 5.74) is 0.852. The Hall–Kier alpha value is -2.11. The zero-order valence-corrected chi connectivity index (χ0v) is 14.2. The Labute approximate surface area is 142 Å². The van der Waals surface area contributed by atoms with Crippen molar-refractivity contribution in [3.63, 3.8) is 0 Å². The lowest BCUT2D eigenvalue weighted by Crippen LogP contribution is -2.36. The fourth-order valence-corrected chi connectivity index (χ4v) is 3.63. The number of aromatic nitrogens is 1. The predicted molar refractivity (Wildman–Crippen MR) is 89.3 cm³/mol. The van der Waals surface area contributed by atoms with Crippen LogP contribution in [0.1, 0.15) is 44.6 Å². The highest BCUT2D eigenvalue weighted by Gasteiger charge is 2.38. The molecule has 1 atom stereocenters. The van der Waals surface area contributed by atoms with Crippen LogP contribution in [0.5, 0.6) is 5.88 Å². The molecule has 0 aromatic carbocycles. The highest BCUT2D eigenvalue weighted by atomic mass is 16.5. The van der Waals surface area contributed by atoms with Gasteiger partial charge in [0.25, 0.3) is 0 Å². The molecule has 0 unspecified atom stereocenters. The van der Waals surface area contributed by atoms with Crippen LogP contribution in [-0.2, 0) is 16.1 Å². The van der Waals surface area contributed by atoms with Gasteiger partial charge in [0.05, 0.1) is 12.5 Å². The minimum Gasteiger partial charge on any atom is -0.478 e. The lowest BCUT2D eigenvalue weighted by atomic mass is 10.1. The number of carbonyl (C=O) groups is 2. The van der Waals surface area contributed by atoms with Gasteiger partial charge in [-0.25, -0.2) is 4.98 Å². The van der Waals surface area contributed by atoms with Crippen molar-refractivity contribution < 1.29 is 14.3 Å². The number of ether oxygens (including phenoxy) is 1. The SMILES string of the molecule is CCOc1ncccc1CNC(=O)[C@@H]1CC(=O)N(C2CCCC2)C1. The molecule has 130 valence electrons. The molecule has 0 spiro atoms. The van der Waals surface area contributed by atoms with E-state index in [1.807, 2.05) is 24.0 Å². The molecule has 2 amide bonds. The normalized spacial score (nSPS) is 21.3. The molecule has 1 saturated carbocycles. The quantitative estimate of drug-likeness (QED) is 0.864. The van der Waals surface area contributed by atoms with Gasteiger partial charge in [-0.2, -0.15) is 0 Å². The molecule has 1 aromatic rings. The van der Waals surface area contributed by atoms with Crippen molar-refractivity contribution in [2.75, 3.05) is 13.2 Å². The van der Waals surface area contributed by atoms with E-state index >= 15 is 0 Å². The van der Waals surface area contributed by atoms with Gasteiger partial charge in [-0.05, 0) is 25.8 Å². The maximum Gasteiger partial charge on any atom is 0.225 e. The molecule has 0 bridgehead atoms. The average Bonchev–Trinajstić information content (AvgIpc) is 3.23. The van der Waals surface area contributed by atoms with Crippen LogP contribution in [0.2, 0.25) is 0 Å². The fraction of sp³-hybridized carbons (Fsp3) is 0.611. The number of rotatable bonds is 6. The van der Waals surface area contributed by atoms with E-state index in [0.29, 0.717) is 38.0 Å². The maximum absolute atomic E-state index is 12.4. The van der Waals surface area contributed by atoms with Crippen LogP contribution in [-0.4, -0.2) is 40.9 Å². The second kappa shape index (κ2) is 7.64. The summed E-state index contributed by atoms with van der Waals surface area (Å²) < 4.78 is 5.47. The van der Waals surface area contributed by atoms with Crippen molar-refractivity contribution in [1.82, 2.24) is 15.2 Å². The number of amides is 2. The lowest BCUT2D eigenvalue weighted by molar-refractivity contribution is -0.130. The standard InChI is InChI=1S/C18H25N3O3/c1-2-24-18-13(6-5-9-19-18)11-20-17(23)14-10-16(22)21(12-14)15-7-3-4-8-15/h5-6,9,14-15H,2-4,7-8,10-12H2,1H3,(H,20,23)/t14-/m1/s1. The minimum absolute atomic E-state index is 0.0600. The molecular formula is C18H25N3O3. The Morgan fingerprint density at radius 2 is 2.21 bits per heavy atom. The number of nitrogens with one attached hydrogen (secondary N) is 1. The first kappa shape index (κ1) is 16.7. The number of carbonyl (C=O) groups excluding carboxylic acids is 2. The Balaban J connectivity index is 1.55. The van der Waals surface area contributed by atoms with E-state index in [2.05, 4.69) is 10.3 Å². The van der Waals surface area contributed by atoms with Gasteiger partial charge in [-0.1, -0.05) is 18.9 Å². The first-order valence-corrected chi connectivity index (χ1v) is 8.83. The third-order valence-corrected chi connectivity index (χ3v) is 4.88. The summed E-state index contributed by atoms with van der Waals surface area (Å²) in [6.45, 7) is 3.36. The molecule has 3 rings (SSSR count). The lowest BCUT2D eigenvalue weighted by Gasteiger charge is -2.23. The summed E-state index contributed by atoms with van der Waals surface area (Å²) in [7, 11) is 0. The van der Waals surface area contributed by atoms with Crippen LogP contribution in [0.3, 0.4) is 0 Å². The first-order valence-electron chi connectivity index (χ1n) is 8.83. The summed E-state index contributed by atoms with van der Waals surface area (Å²) in [6, 6.07) is 4.06. The molecule has 1 N–H and O–H groups in total. The first-order chi connectivity index (χ1) is 11.7. The van der Waals surface area contributed by atoms with E-state index in [1.54, 1.807) is 6.20 Å². The van der Waals surface area contributed by atoms with Gasteiger partial charge in [0.15, 0.2) is 0 Å². The Morgan fingerprint density at radius 1 is 1.42 bits per heavy atom. The molecule has 6 heteroatoms. The smallest absolute Gasteiger partial charge is 0.225 e. The molecule has 1 aliphatic carbocycles. The number of nitrogens with zero attached hydrogens (tertiary/aromatic N) is 2. The van der Waals surface area contributed by atoms with Crippen molar-refractivity contribution in [2.24, 2.45) is 5.92 Å². The molecular weight excluding hydrogens is 306 g/mol. The zero-order valence-electron chi connectivity index (χ0n) is 14.2. The van der Waals surface area contributed by atoms with Gasteiger partial charge in [-0.3, -0.25) is 9.59 Å². The van der Waals surface area contributed by atoms with E-state index in [1.165, 1.54) is 12.8 Å². The van der Waals surface area contributed by atoms with Gasteiger partial charge in [0.2, 0.25) is 17.7 Å². The van der Waals surface area contributed by atoms with Crippen molar-refractivity contribution >= 4 is 11.8 Å². The van der Waals surface area contributed by atoms with E-state index in [0.717, 1.165) is 18.4 Å². The molecule has 2 aliphatic rings.